The smallest absolute Gasteiger partial charge is 0.274 e. The van der Waals surface area contributed by atoms with Gasteiger partial charge in [0, 0.05) is 24.8 Å². The van der Waals surface area contributed by atoms with Crippen molar-refractivity contribution in [1.82, 2.24) is 4.98 Å². The van der Waals surface area contributed by atoms with Gasteiger partial charge in [-0.05, 0) is 12.1 Å². The van der Waals surface area contributed by atoms with Crippen LogP contribution in [-0.2, 0) is 14.3 Å². The molecule has 0 saturated heterocycles. The molecule has 0 radical (unpaired) electrons. The zero-order valence-corrected chi connectivity index (χ0v) is 13.4. The molecule has 5 nitrogen and oxygen atoms in total. The lowest BCUT2D eigenvalue weighted by atomic mass is 10.4. The summed E-state index contributed by atoms with van der Waals surface area (Å²) < 4.78 is 5.30. The summed E-state index contributed by atoms with van der Waals surface area (Å²) in [6, 6.07) is 3.17. The number of amides is 2. The molecule has 0 atom stereocenters. The first-order chi connectivity index (χ1) is 10.1. The molecular weight excluding hydrogens is 332 g/mol. The van der Waals surface area contributed by atoms with Gasteiger partial charge in [0.2, 0.25) is 0 Å². The van der Waals surface area contributed by atoms with Crippen molar-refractivity contribution in [2.24, 2.45) is 0 Å². The normalized spacial score (nSPS) is 20.0. The Morgan fingerprint density at radius 1 is 1.24 bits per heavy atom. The predicted molar refractivity (Wildman–Crippen MR) is 84.5 cm³/mol. The maximum absolute atomic E-state index is 12.5. The van der Waals surface area contributed by atoms with E-state index in [1.54, 1.807) is 19.2 Å². The van der Waals surface area contributed by atoms with E-state index in [9.17, 15) is 9.59 Å². The minimum absolute atomic E-state index is 0.0355. The number of nitrogens with zero attached hydrogens (tertiary/aromatic N) is 2. The van der Waals surface area contributed by atoms with Gasteiger partial charge < -0.3 is 4.74 Å². The molecule has 0 unspecified atom stereocenters. The van der Waals surface area contributed by atoms with Crippen LogP contribution in [0.15, 0.2) is 28.1 Å². The van der Waals surface area contributed by atoms with E-state index in [0.29, 0.717) is 32.2 Å². The molecule has 2 aliphatic rings. The molecule has 0 saturated carbocycles. The maximum Gasteiger partial charge on any atom is 0.274 e. The molecule has 0 fully saturated rings. The molecule has 0 spiro atoms. The Bertz CT molecular complexity index is 603. The first-order valence-electron chi connectivity index (χ1n) is 6.15. The van der Waals surface area contributed by atoms with Gasteiger partial charge in [0.15, 0.2) is 0 Å². The van der Waals surface area contributed by atoms with Gasteiger partial charge >= 0.3 is 0 Å². The number of anilines is 1. The molecule has 3 heterocycles. The number of halogens is 1. The topological polar surface area (TPSA) is 59.5 Å². The third-order valence-electron chi connectivity index (χ3n) is 3.10. The number of aromatic nitrogens is 1. The fourth-order valence-electron chi connectivity index (χ4n) is 1.99. The van der Waals surface area contributed by atoms with Gasteiger partial charge in [0.25, 0.3) is 11.8 Å². The standard InChI is InChI=1S/C13H11ClN2O3S2/c1-19-8-5-20-10-11(21-6-8)13(18)16(12(10)17)9-3-2-7(14)4-15-9/h2-4,8H,5-6H2,1H3. The molecule has 0 N–H and O–H groups in total. The summed E-state index contributed by atoms with van der Waals surface area (Å²) >= 11 is 8.52. The zero-order valence-electron chi connectivity index (χ0n) is 11.0. The highest BCUT2D eigenvalue weighted by molar-refractivity contribution is 8.08. The summed E-state index contributed by atoms with van der Waals surface area (Å²) in [5, 5.41) is 0.457. The van der Waals surface area contributed by atoms with Crippen LogP contribution in [0.4, 0.5) is 5.82 Å². The van der Waals surface area contributed by atoms with E-state index in [1.807, 2.05) is 0 Å². The second kappa shape index (κ2) is 6.00. The van der Waals surface area contributed by atoms with Crippen LogP contribution in [0.5, 0.6) is 0 Å². The number of ether oxygens (including phenoxy) is 1. The van der Waals surface area contributed by atoms with Crippen LogP contribution in [0.2, 0.25) is 5.02 Å². The molecule has 8 heteroatoms. The van der Waals surface area contributed by atoms with E-state index in [0.717, 1.165) is 4.90 Å². The minimum Gasteiger partial charge on any atom is -0.380 e. The Morgan fingerprint density at radius 2 is 1.86 bits per heavy atom. The van der Waals surface area contributed by atoms with E-state index in [2.05, 4.69) is 4.98 Å². The monoisotopic (exact) mass is 342 g/mol. The van der Waals surface area contributed by atoms with Crippen molar-refractivity contribution in [3.8, 4) is 0 Å². The van der Waals surface area contributed by atoms with Gasteiger partial charge in [-0.15, -0.1) is 23.5 Å². The minimum atomic E-state index is -0.320. The molecule has 0 aliphatic carbocycles. The number of carbonyl (C=O) groups excluding carboxylic acids is 2. The Morgan fingerprint density at radius 3 is 2.33 bits per heavy atom. The predicted octanol–water partition coefficient (Wildman–Crippen LogP) is 2.31. The number of imide groups is 1. The van der Waals surface area contributed by atoms with Crippen molar-refractivity contribution >= 4 is 52.8 Å². The highest BCUT2D eigenvalue weighted by Gasteiger charge is 2.42. The van der Waals surface area contributed by atoms with Gasteiger partial charge in [-0.2, -0.15) is 0 Å². The average Bonchev–Trinajstić information content (AvgIpc) is 2.66. The van der Waals surface area contributed by atoms with E-state index in [1.165, 1.54) is 29.7 Å². The Balaban J connectivity index is 1.88. The summed E-state index contributed by atoms with van der Waals surface area (Å²) in [5.74, 6) is 0.969. The number of carbonyl (C=O) groups is 2. The maximum atomic E-state index is 12.5. The van der Waals surface area contributed by atoms with Crippen molar-refractivity contribution in [3.05, 3.63) is 33.2 Å². The molecule has 1 aromatic rings. The van der Waals surface area contributed by atoms with Crippen LogP contribution in [-0.4, -0.2) is 41.5 Å². The van der Waals surface area contributed by atoms with Crippen LogP contribution in [0.1, 0.15) is 0 Å². The van der Waals surface area contributed by atoms with Crippen molar-refractivity contribution in [1.29, 1.82) is 0 Å². The van der Waals surface area contributed by atoms with Crippen LogP contribution in [0.3, 0.4) is 0 Å². The van der Waals surface area contributed by atoms with Crippen LogP contribution < -0.4 is 4.90 Å². The lowest BCUT2D eigenvalue weighted by Crippen LogP contribution is -2.32. The summed E-state index contributed by atoms with van der Waals surface area (Å²) in [5.41, 5.74) is 0. The number of thioether (sulfide) groups is 2. The summed E-state index contributed by atoms with van der Waals surface area (Å²) in [6.07, 6.45) is 1.45. The number of hydrogen-bond donors (Lipinski definition) is 0. The number of methoxy groups -OCH3 is 1. The lowest BCUT2D eigenvalue weighted by Gasteiger charge is -2.16. The molecule has 21 heavy (non-hydrogen) atoms. The van der Waals surface area contributed by atoms with Crippen molar-refractivity contribution in [2.45, 2.75) is 6.10 Å². The Labute approximate surface area is 135 Å². The fourth-order valence-corrected chi connectivity index (χ4v) is 4.68. The van der Waals surface area contributed by atoms with Gasteiger partial charge in [-0.25, -0.2) is 9.88 Å². The van der Waals surface area contributed by atoms with Crippen molar-refractivity contribution in [2.75, 3.05) is 23.5 Å². The number of rotatable bonds is 2. The van der Waals surface area contributed by atoms with E-state index < -0.39 is 0 Å². The van der Waals surface area contributed by atoms with Crippen LogP contribution in [0.25, 0.3) is 0 Å². The molecule has 0 aromatic carbocycles. The molecule has 1 aromatic heterocycles. The third kappa shape index (κ3) is 2.70. The largest absolute Gasteiger partial charge is 0.380 e. The third-order valence-corrected chi connectivity index (χ3v) is 5.87. The number of pyridine rings is 1. The van der Waals surface area contributed by atoms with Crippen molar-refractivity contribution in [3.63, 3.8) is 0 Å². The lowest BCUT2D eigenvalue weighted by molar-refractivity contribution is -0.120. The van der Waals surface area contributed by atoms with Gasteiger partial charge in [-0.1, -0.05) is 11.6 Å². The molecule has 2 amide bonds. The SMILES string of the molecule is COC1CSC2=C(SC1)C(=O)N(c1ccc(Cl)cn1)C2=O. The van der Waals surface area contributed by atoms with Gasteiger partial charge in [-0.3, -0.25) is 9.59 Å². The van der Waals surface area contributed by atoms with E-state index >= 15 is 0 Å². The second-order valence-electron chi connectivity index (χ2n) is 4.42. The quantitative estimate of drug-likeness (QED) is 0.769. The second-order valence-corrected chi connectivity index (χ2v) is 6.92. The fraction of sp³-hybridized carbons (Fsp3) is 0.308. The van der Waals surface area contributed by atoms with Gasteiger partial charge in [0.05, 0.1) is 20.9 Å². The van der Waals surface area contributed by atoms with Crippen molar-refractivity contribution < 1.29 is 14.3 Å². The Kier molecular flexibility index (Phi) is 4.26. The molecule has 3 rings (SSSR count). The number of hydrogen-bond acceptors (Lipinski definition) is 6. The summed E-state index contributed by atoms with van der Waals surface area (Å²) in [6.45, 7) is 0. The van der Waals surface area contributed by atoms with Crippen LogP contribution in [0, 0.1) is 0 Å². The molecule has 2 aliphatic heterocycles. The molecular formula is C13H11ClN2O3S2. The highest BCUT2D eigenvalue weighted by Crippen LogP contribution is 2.41. The molecule has 110 valence electrons. The molecule has 0 bridgehead atoms. The highest BCUT2D eigenvalue weighted by atomic mass is 35.5. The van der Waals surface area contributed by atoms with E-state index in [-0.39, 0.29) is 17.9 Å². The van der Waals surface area contributed by atoms with Crippen LogP contribution >= 0.6 is 35.1 Å². The Hall–Kier alpha value is -1.02. The first kappa shape index (κ1) is 14.9. The summed E-state index contributed by atoms with van der Waals surface area (Å²) in [7, 11) is 1.63. The van der Waals surface area contributed by atoms with E-state index in [4.69, 9.17) is 16.3 Å². The first-order valence-corrected chi connectivity index (χ1v) is 8.49. The summed E-state index contributed by atoms with van der Waals surface area (Å²) in [4.78, 5) is 31.1. The van der Waals surface area contributed by atoms with Gasteiger partial charge in [0.1, 0.15) is 5.82 Å². The average molecular weight is 343 g/mol. The zero-order chi connectivity index (χ0) is 15.0.